The number of hydrogen-bond acceptors (Lipinski definition) is 2. The second kappa shape index (κ2) is 4.04. The Kier molecular flexibility index (Phi) is 2.54. The molecule has 82 valence electrons. The van der Waals surface area contributed by atoms with Gasteiger partial charge in [0.05, 0.1) is 0 Å². The molecule has 1 atom stereocenters. The van der Waals surface area contributed by atoms with Crippen molar-refractivity contribution in [2.45, 2.75) is 25.9 Å². The van der Waals surface area contributed by atoms with Gasteiger partial charge in [-0.1, -0.05) is 30.3 Å². The number of benzene rings is 1. The summed E-state index contributed by atoms with van der Waals surface area (Å²) in [7, 11) is 0. The molecule has 1 N–H and O–H groups in total. The van der Waals surface area contributed by atoms with Crippen LogP contribution in [0.25, 0.3) is 10.4 Å². The molecule has 2 aromatic rings. The number of hydrogen-bond donors (Lipinski definition) is 1. The van der Waals surface area contributed by atoms with Crippen molar-refractivity contribution >= 4 is 11.3 Å². The van der Waals surface area contributed by atoms with E-state index in [0.29, 0.717) is 6.04 Å². The average molecular weight is 229 g/mol. The number of nitrogens with one attached hydrogen (secondary N) is 1. The summed E-state index contributed by atoms with van der Waals surface area (Å²) in [6.45, 7) is 3.29. The Morgan fingerprint density at radius 1 is 1.25 bits per heavy atom. The monoisotopic (exact) mass is 229 g/mol. The summed E-state index contributed by atoms with van der Waals surface area (Å²) in [6, 6.07) is 13.6. The summed E-state index contributed by atoms with van der Waals surface area (Å²) in [5, 5.41) is 3.51. The maximum absolute atomic E-state index is 3.51. The third kappa shape index (κ3) is 1.79. The maximum Gasteiger partial charge on any atom is 0.0349 e. The van der Waals surface area contributed by atoms with Crippen LogP contribution in [0, 0.1) is 0 Å². The van der Waals surface area contributed by atoms with Gasteiger partial charge in [-0.25, -0.2) is 0 Å². The van der Waals surface area contributed by atoms with E-state index >= 15 is 0 Å². The highest BCUT2D eigenvalue weighted by Gasteiger charge is 2.17. The molecule has 1 aromatic heterocycles. The van der Waals surface area contributed by atoms with E-state index in [2.05, 4.69) is 48.6 Å². The van der Waals surface area contributed by atoms with Gasteiger partial charge >= 0.3 is 0 Å². The molecule has 0 amide bonds. The molecule has 0 fully saturated rings. The molecule has 0 bridgehead atoms. The molecule has 0 saturated heterocycles. The third-order valence-corrected chi connectivity index (χ3v) is 4.32. The summed E-state index contributed by atoms with van der Waals surface area (Å²) < 4.78 is 0. The molecule has 1 unspecified atom stereocenters. The lowest BCUT2D eigenvalue weighted by Crippen LogP contribution is -2.31. The van der Waals surface area contributed by atoms with Crippen molar-refractivity contribution in [2.24, 2.45) is 0 Å². The average Bonchev–Trinajstić information content (AvgIpc) is 2.73. The first-order valence-corrected chi connectivity index (χ1v) is 6.55. The molecule has 16 heavy (non-hydrogen) atoms. The van der Waals surface area contributed by atoms with Gasteiger partial charge in [0.2, 0.25) is 0 Å². The van der Waals surface area contributed by atoms with Crippen molar-refractivity contribution in [3.63, 3.8) is 0 Å². The molecule has 1 aliphatic rings. The molecule has 1 aromatic carbocycles. The van der Waals surface area contributed by atoms with Crippen LogP contribution in [0.3, 0.4) is 0 Å². The summed E-state index contributed by atoms with van der Waals surface area (Å²) in [6.07, 6.45) is 1.17. The minimum atomic E-state index is 0.616. The molecule has 2 heteroatoms. The van der Waals surface area contributed by atoms with Crippen LogP contribution in [0.5, 0.6) is 0 Å². The molecule has 1 nitrogen and oxygen atoms in total. The van der Waals surface area contributed by atoms with Gasteiger partial charge in [-0.3, -0.25) is 0 Å². The largest absolute Gasteiger partial charge is 0.309 e. The Morgan fingerprint density at radius 2 is 2.06 bits per heavy atom. The standard InChI is InChI=1S/C14H15NS/c1-10-7-12-8-13(16-14(12)9-15-10)11-5-3-2-4-6-11/h2-6,8,10,15H,7,9H2,1H3. The van der Waals surface area contributed by atoms with Crippen LogP contribution >= 0.6 is 11.3 Å². The van der Waals surface area contributed by atoms with Gasteiger partial charge in [0, 0.05) is 22.3 Å². The van der Waals surface area contributed by atoms with Gasteiger partial charge in [-0.05, 0) is 30.5 Å². The first-order chi connectivity index (χ1) is 7.83. The lowest BCUT2D eigenvalue weighted by atomic mass is 10.0. The topological polar surface area (TPSA) is 12.0 Å². The van der Waals surface area contributed by atoms with E-state index in [1.54, 1.807) is 0 Å². The Morgan fingerprint density at radius 3 is 2.88 bits per heavy atom. The van der Waals surface area contributed by atoms with Crippen molar-refractivity contribution in [3.05, 3.63) is 46.8 Å². The van der Waals surface area contributed by atoms with Crippen LogP contribution in [0.15, 0.2) is 36.4 Å². The van der Waals surface area contributed by atoms with E-state index in [0.717, 1.165) is 6.54 Å². The van der Waals surface area contributed by atoms with Crippen LogP contribution in [0.4, 0.5) is 0 Å². The molecular weight excluding hydrogens is 214 g/mol. The number of rotatable bonds is 1. The molecule has 2 heterocycles. The molecule has 0 spiro atoms. The SMILES string of the molecule is CC1Cc2cc(-c3ccccc3)sc2CN1. The Balaban J connectivity index is 1.99. The lowest BCUT2D eigenvalue weighted by Gasteiger charge is -2.19. The molecule has 3 rings (SSSR count). The number of thiophene rings is 1. The van der Waals surface area contributed by atoms with Crippen molar-refractivity contribution in [1.29, 1.82) is 0 Å². The zero-order chi connectivity index (χ0) is 11.0. The fourth-order valence-electron chi connectivity index (χ4n) is 2.20. The second-order valence-electron chi connectivity index (χ2n) is 4.41. The van der Waals surface area contributed by atoms with Crippen LogP contribution < -0.4 is 5.32 Å². The van der Waals surface area contributed by atoms with Gasteiger partial charge < -0.3 is 5.32 Å². The van der Waals surface area contributed by atoms with E-state index in [-0.39, 0.29) is 0 Å². The predicted molar refractivity (Wildman–Crippen MR) is 69.8 cm³/mol. The van der Waals surface area contributed by atoms with E-state index in [9.17, 15) is 0 Å². The van der Waals surface area contributed by atoms with Crippen molar-refractivity contribution < 1.29 is 0 Å². The fourth-order valence-corrected chi connectivity index (χ4v) is 3.35. The van der Waals surface area contributed by atoms with E-state index < -0.39 is 0 Å². The highest BCUT2D eigenvalue weighted by Crippen LogP contribution is 2.33. The zero-order valence-corrected chi connectivity index (χ0v) is 10.2. The van der Waals surface area contributed by atoms with Crippen molar-refractivity contribution in [3.8, 4) is 10.4 Å². The van der Waals surface area contributed by atoms with Gasteiger partial charge in [-0.15, -0.1) is 11.3 Å². The Labute approximate surface area is 100 Å². The smallest absolute Gasteiger partial charge is 0.0349 e. The molecule has 0 saturated carbocycles. The molecular formula is C14H15NS. The summed E-state index contributed by atoms with van der Waals surface area (Å²) in [5.41, 5.74) is 2.88. The molecule has 0 radical (unpaired) electrons. The minimum Gasteiger partial charge on any atom is -0.309 e. The van der Waals surface area contributed by atoms with Gasteiger partial charge in [0.25, 0.3) is 0 Å². The summed E-state index contributed by atoms with van der Waals surface area (Å²) in [4.78, 5) is 2.92. The quantitative estimate of drug-likeness (QED) is 0.789. The van der Waals surface area contributed by atoms with E-state index in [4.69, 9.17) is 0 Å². The van der Waals surface area contributed by atoms with E-state index in [1.807, 2.05) is 11.3 Å². The maximum atomic E-state index is 3.51. The zero-order valence-electron chi connectivity index (χ0n) is 9.36. The van der Waals surface area contributed by atoms with E-state index in [1.165, 1.54) is 27.3 Å². The van der Waals surface area contributed by atoms with Crippen LogP contribution in [0.2, 0.25) is 0 Å². The van der Waals surface area contributed by atoms with Crippen molar-refractivity contribution in [2.75, 3.05) is 0 Å². The highest BCUT2D eigenvalue weighted by molar-refractivity contribution is 7.15. The summed E-state index contributed by atoms with van der Waals surface area (Å²) in [5.74, 6) is 0. The van der Waals surface area contributed by atoms with Crippen molar-refractivity contribution in [1.82, 2.24) is 5.32 Å². The first kappa shape index (κ1) is 10.1. The molecule has 1 aliphatic heterocycles. The lowest BCUT2D eigenvalue weighted by molar-refractivity contribution is 0.520. The normalized spacial score (nSPS) is 19.4. The predicted octanol–water partition coefficient (Wildman–Crippen LogP) is 3.45. The Bertz CT molecular complexity index is 487. The minimum absolute atomic E-state index is 0.616. The van der Waals surface area contributed by atoms with Crippen LogP contribution in [0.1, 0.15) is 17.4 Å². The Hall–Kier alpha value is -1.12. The number of fused-ring (bicyclic) bond motifs is 1. The fraction of sp³-hybridized carbons (Fsp3) is 0.286. The second-order valence-corrected chi connectivity index (χ2v) is 5.55. The summed E-state index contributed by atoms with van der Waals surface area (Å²) >= 11 is 1.93. The highest BCUT2D eigenvalue weighted by atomic mass is 32.1. The van der Waals surface area contributed by atoms with Crippen LogP contribution in [-0.2, 0) is 13.0 Å². The molecule has 0 aliphatic carbocycles. The van der Waals surface area contributed by atoms with Crippen LogP contribution in [-0.4, -0.2) is 6.04 Å². The van der Waals surface area contributed by atoms with Gasteiger partial charge in [-0.2, -0.15) is 0 Å². The first-order valence-electron chi connectivity index (χ1n) is 5.73. The third-order valence-electron chi connectivity index (χ3n) is 3.09. The van der Waals surface area contributed by atoms with Gasteiger partial charge in [0.1, 0.15) is 0 Å². The van der Waals surface area contributed by atoms with Gasteiger partial charge in [0.15, 0.2) is 0 Å².